The molecule has 0 saturated carbocycles. The Morgan fingerprint density at radius 1 is 1.05 bits per heavy atom. The van der Waals surface area contributed by atoms with Crippen LogP contribution in [0.1, 0.15) is 52.9 Å². The first-order valence-electron chi connectivity index (χ1n) is 7.68. The third-order valence-electron chi connectivity index (χ3n) is 3.90. The Hall–Kier alpha value is -2.13. The highest BCUT2D eigenvalue weighted by atomic mass is 16.1. The summed E-state index contributed by atoms with van der Waals surface area (Å²) in [5, 5.41) is 2.91. The second-order valence-corrected chi connectivity index (χ2v) is 5.95. The first-order chi connectivity index (χ1) is 10.5. The van der Waals surface area contributed by atoms with Crippen LogP contribution in [-0.4, -0.2) is 12.5 Å². The van der Waals surface area contributed by atoms with E-state index in [1.165, 1.54) is 5.56 Å². The lowest BCUT2D eigenvalue weighted by atomic mass is 9.99. The minimum absolute atomic E-state index is 0.0765. The molecule has 2 rings (SSSR count). The van der Waals surface area contributed by atoms with Gasteiger partial charge in [0, 0.05) is 18.2 Å². The third-order valence-corrected chi connectivity index (χ3v) is 3.90. The van der Waals surface area contributed by atoms with E-state index in [0.717, 1.165) is 11.1 Å². The molecule has 0 aromatic heterocycles. The second kappa shape index (κ2) is 7.23. The van der Waals surface area contributed by atoms with E-state index in [9.17, 15) is 4.79 Å². The van der Waals surface area contributed by atoms with Gasteiger partial charge in [0.1, 0.15) is 0 Å². The highest BCUT2D eigenvalue weighted by Crippen LogP contribution is 2.17. The van der Waals surface area contributed by atoms with Crippen LogP contribution in [0.5, 0.6) is 0 Å². The molecule has 0 aliphatic heterocycles. The lowest BCUT2D eigenvalue weighted by Gasteiger charge is -2.15. The maximum absolute atomic E-state index is 12.2. The van der Waals surface area contributed by atoms with Gasteiger partial charge in [-0.15, -0.1) is 0 Å². The van der Waals surface area contributed by atoms with Crippen molar-refractivity contribution >= 4 is 5.91 Å². The molecule has 0 bridgehead atoms. The zero-order valence-corrected chi connectivity index (χ0v) is 13.5. The van der Waals surface area contributed by atoms with Crippen LogP contribution in [0.2, 0.25) is 0 Å². The molecular weight excluding hydrogens is 272 g/mol. The van der Waals surface area contributed by atoms with Gasteiger partial charge in [0.15, 0.2) is 0 Å². The monoisotopic (exact) mass is 296 g/mol. The molecule has 0 fully saturated rings. The Bertz CT molecular complexity index is 632. The predicted molar refractivity (Wildman–Crippen MR) is 91.0 cm³/mol. The highest BCUT2D eigenvalue weighted by Gasteiger charge is 2.11. The minimum Gasteiger partial charge on any atom is -0.350 e. The summed E-state index contributed by atoms with van der Waals surface area (Å²) in [5.74, 6) is 0.429. The van der Waals surface area contributed by atoms with E-state index in [4.69, 9.17) is 5.73 Å². The molecule has 0 heterocycles. The number of benzene rings is 2. The molecule has 1 amide bonds. The molecule has 22 heavy (non-hydrogen) atoms. The fourth-order valence-corrected chi connectivity index (χ4v) is 2.37. The van der Waals surface area contributed by atoms with E-state index >= 15 is 0 Å². The molecule has 1 unspecified atom stereocenters. The number of carbonyl (C=O) groups is 1. The third kappa shape index (κ3) is 3.95. The highest BCUT2D eigenvalue weighted by molar-refractivity contribution is 5.95. The molecule has 2 aromatic rings. The van der Waals surface area contributed by atoms with Gasteiger partial charge in [-0.05, 0) is 35.6 Å². The van der Waals surface area contributed by atoms with E-state index < -0.39 is 0 Å². The van der Waals surface area contributed by atoms with Crippen molar-refractivity contribution in [3.05, 3.63) is 70.8 Å². The van der Waals surface area contributed by atoms with Gasteiger partial charge in [-0.2, -0.15) is 0 Å². The van der Waals surface area contributed by atoms with Crippen molar-refractivity contribution in [1.29, 1.82) is 0 Å². The van der Waals surface area contributed by atoms with Crippen molar-refractivity contribution in [3.8, 4) is 0 Å². The average Bonchev–Trinajstić information content (AvgIpc) is 2.52. The van der Waals surface area contributed by atoms with Gasteiger partial charge in [-0.3, -0.25) is 4.79 Å². The van der Waals surface area contributed by atoms with Crippen LogP contribution in [0.25, 0.3) is 0 Å². The van der Waals surface area contributed by atoms with Crippen LogP contribution in [-0.2, 0) is 0 Å². The number of carbonyl (C=O) groups excluding carboxylic acids is 1. The second-order valence-electron chi connectivity index (χ2n) is 5.95. The van der Waals surface area contributed by atoms with Crippen LogP contribution < -0.4 is 11.1 Å². The smallest absolute Gasteiger partial charge is 0.251 e. The van der Waals surface area contributed by atoms with Gasteiger partial charge in [0.25, 0.3) is 5.91 Å². The summed E-state index contributed by atoms with van der Waals surface area (Å²) in [5.41, 5.74) is 10.2. The van der Waals surface area contributed by atoms with E-state index in [1.807, 2.05) is 43.3 Å². The van der Waals surface area contributed by atoms with Crippen molar-refractivity contribution in [3.63, 3.8) is 0 Å². The first-order valence-corrected chi connectivity index (χ1v) is 7.68. The topological polar surface area (TPSA) is 55.1 Å². The van der Waals surface area contributed by atoms with Crippen LogP contribution in [0.15, 0.2) is 48.5 Å². The molecule has 2 aromatic carbocycles. The normalized spacial score (nSPS) is 12.2. The molecule has 0 aliphatic carbocycles. The number of hydrogen-bond donors (Lipinski definition) is 2. The summed E-state index contributed by atoms with van der Waals surface area (Å²) < 4.78 is 0. The number of rotatable bonds is 5. The van der Waals surface area contributed by atoms with E-state index in [1.54, 1.807) is 0 Å². The van der Waals surface area contributed by atoms with Gasteiger partial charge in [0.2, 0.25) is 0 Å². The molecular formula is C19H24N2O. The lowest BCUT2D eigenvalue weighted by Crippen LogP contribution is -2.32. The van der Waals surface area contributed by atoms with Crippen molar-refractivity contribution in [2.75, 3.05) is 6.54 Å². The molecule has 0 aliphatic rings. The Kier molecular flexibility index (Phi) is 5.34. The van der Waals surface area contributed by atoms with E-state index in [0.29, 0.717) is 18.0 Å². The summed E-state index contributed by atoms with van der Waals surface area (Å²) >= 11 is 0. The molecule has 3 nitrogen and oxygen atoms in total. The van der Waals surface area contributed by atoms with Crippen molar-refractivity contribution < 1.29 is 4.79 Å². The van der Waals surface area contributed by atoms with Crippen molar-refractivity contribution in [1.82, 2.24) is 5.32 Å². The number of aryl methyl sites for hydroxylation is 1. The Labute approximate surface area is 132 Å². The Balaban J connectivity index is 1.96. The number of nitrogens with one attached hydrogen (secondary N) is 1. The lowest BCUT2D eigenvalue weighted by molar-refractivity contribution is 0.0950. The van der Waals surface area contributed by atoms with Gasteiger partial charge in [0.05, 0.1) is 0 Å². The molecule has 3 heteroatoms. The Morgan fingerprint density at radius 3 is 2.23 bits per heavy atom. The molecule has 3 N–H and O–H groups in total. The first kappa shape index (κ1) is 16.2. The van der Waals surface area contributed by atoms with Gasteiger partial charge < -0.3 is 11.1 Å². The van der Waals surface area contributed by atoms with Crippen LogP contribution in [0, 0.1) is 6.92 Å². The quantitative estimate of drug-likeness (QED) is 0.886. The molecule has 116 valence electrons. The zero-order valence-electron chi connectivity index (χ0n) is 13.5. The number of amides is 1. The molecule has 1 atom stereocenters. The maximum atomic E-state index is 12.2. The van der Waals surface area contributed by atoms with Crippen LogP contribution >= 0.6 is 0 Å². The molecule has 0 saturated heterocycles. The summed E-state index contributed by atoms with van der Waals surface area (Å²) in [6.45, 7) is 6.68. The molecule has 0 radical (unpaired) electrons. The van der Waals surface area contributed by atoms with Crippen LogP contribution in [0.4, 0.5) is 0 Å². The summed E-state index contributed by atoms with van der Waals surface area (Å²) in [7, 11) is 0. The zero-order chi connectivity index (χ0) is 16.1. The van der Waals surface area contributed by atoms with E-state index in [2.05, 4.69) is 31.3 Å². The van der Waals surface area contributed by atoms with Crippen molar-refractivity contribution in [2.24, 2.45) is 5.73 Å². The van der Waals surface area contributed by atoms with Crippen LogP contribution in [0.3, 0.4) is 0 Å². The predicted octanol–water partition coefficient (Wildman–Crippen LogP) is 3.55. The Morgan fingerprint density at radius 2 is 1.64 bits per heavy atom. The summed E-state index contributed by atoms with van der Waals surface area (Å²) in [4.78, 5) is 12.2. The summed E-state index contributed by atoms with van der Waals surface area (Å²) in [6.07, 6.45) is 0. The standard InChI is InChI=1S/C19H24N2O/c1-13(2)15-8-10-16(11-9-15)18(20)12-21-19(22)17-7-5-4-6-14(17)3/h4-11,13,18H,12,20H2,1-3H3,(H,21,22). The van der Waals surface area contributed by atoms with Gasteiger partial charge >= 0.3 is 0 Å². The summed E-state index contributed by atoms with van der Waals surface area (Å²) in [6, 6.07) is 15.6. The average molecular weight is 296 g/mol. The van der Waals surface area contributed by atoms with Crippen molar-refractivity contribution in [2.45, 2.75) is 32.7 Å². The molecule has 0 spiro atoms. The fourth-order valence-electron chi connectivity index (χ4n) is 2.37. The SMILES string of the molecule is Cc1ccccc1C(=O)NCC(N)c1ccc(C(C)C)cc1. The minimum atomic E-state index is -0.200. The van der Waals surface area contributed by atoms with Gasteiger partial charge in [-0.25, -0.2) is 0 Å². The largest absolute Gasteiger partial charge is 0.350 e. The number of nitrogens with two attached hydrogens (primary N) is 1. The number of hydrogen-bond acceptors (Lipinski definition) is 2. The fraction of sp³-hybridized carbons (Fsp3) is 0.316. The van der Waals surface area contributed by atoms with Gasteiger partial charge in [-0.1, -0.05) is 56.3 Å². The maximum Gasteiger partial charge on any atom is 0.251 e. The van der Waals surface area contributed by atoms with E-state index in [-0.39, 0.29) is 11.9 Å².